The van der Waals surface area contributed by atoms with Crippen molar-refractivity contribution in [2.24, 2.45) is 0 Å². The summed E-state index contributed by atoms with van der Waals surface area (Å²) in [5.41, 5.74) is 0. The highest BCUT2D eigenvalue weighted by atomic mass is 16.6. The van der Waals surface area contributed by atoms with E-state index in [-0.39, 0.29) is 25.2 Å². The molecule has 5 heteroatoms. The van der Waals surface area contributed by atoms with Crippen molar-refractivity contribution in [2.75, 3.05) is 19.8 Å². The summed E-state index contributed by atoms with van der Waals surface area (Å²) in [6.45, 7) is 7.73. The van der Waals surface area contributed by atoms with Gasteiger partial charge in [-0.25, -0.2) is 0 Å². The number of ether oxygens (including phenoxy) is 3. The van der Waals surface area contributed by atoms with Crippen LogP contribution in [0.2, 0.25) is 0 Å². The lowest BCUT2D eigenvalue weighted by Crippen LogP contribution is -2.30. The van der Waals surface area contributed by atoms with E-state index in [1.165, 1.54) is 161 Å². The van der Waals surface area contributed by atoms with Gasteiger partial charge in [-0.3, -0.25) is 9.59 Å². The van der Waals surface area contributed by atoms with Crippen LogP contribution < -0.4 is 0 Å². The molecule has 0 saturated heterocycles. The first-order chi connectivity index (χ1) is 28.6. The van der Waals surface area contributed by atoms with Gasteiger partial charge in [-0.2, -0.15) is 0 Å². The van der Waals surface area contributed by atoms with E-state index in [1.54, 1.807) is 0 Å². The van der Waals surface area contributed by atoms with Crippen LogP contribution in [0.1, 0.15) is 265 Å². The average Bonchev–Trinajstić information content (AvgIpc) is 3.22. The lowest BCUT2D eigenvalue weighted by molar-refractivity contribution is -0.163. The molecule has 1 atom stereocenters. The standard InChI is InChI=1S/C53H98O5/c1-4-7-10-13-16-19-22-25-26-27-28-30-31-34-37-40-43-46-52(54)57-50-51(49-56-48-45-42-39-36-33-24-21-18-15-12-9-6-3)58-53(55)47-44-41-38-35-32-29-23-20-17-14-11-8-5-2/h8,11,17,20,29,32,51H,4-7,9-10,12-16,18-19,21-28,30-31,33-50H2,1-3H3/b11-8-,20-17-,32-29-. The van der Waals surface area contributed by atoms with Crippen LogP contribution in [0.4, 0.5) is 0 Å². The second kappa shape index (κ2) is 49.5. The van der Waals surface area contributed by atoms with Gasteiger partial charge in [0.2, 0.25) is 0 Å². The van der Waals surface area contributed by atoms with Crippen molar-refractivity contribution in [3.05, 3.63) is 36.5 Å². The van der Waals surface area contributed by atoms with E-state index in [9.17, 15) is 9.59 Å². The highest BCUT2D eigenvalue weighted by Crippen LogP contribution is 2.16. The lowest BCUT2D eigenvalue weighted by atomic mass is 10.0. The Morgan fingerprint density at radius 2 is 0.776 bits per heavy atom. The third-order valence-corrected chi connectivity index (χ3v) is 11.2. The van der Waals surface area contributed by atoms with E-state index in [1.807, 2.05) is 0 Å². The summed E-state index contributed by atoms with van der Waals surface area (Å²) in [6.07, 6.45) is 58.7. The van der Waals surface area contributed by atoms with E-state index in [2.05, 4.69) is 57.2 Å². The van der Waals surface area contributed by atoms with Crippen LogP contribution in [0.3, 0.4) is 0 Å². The van der Waals surface area contributed by atoms with Gasteiger partial charge in [-0.15, -0.1) is 0 Å². The van der Waals surface area contributed by atoms with Gasteiger partial charge in [0.15, 0.2) is 6.10 Å². The van der Waals surface area contributed by atoms with Gasteiger partial charge in [0, 0.05) is 19.4 Å². The van der Waals surface area contributed by atoms with Crippen molar-refractivity contribution >= 4 is 11.9 Å². The molecule has 0 heterocycles. The SMILES string of the molecule is CC/C=C\C/C=C\C/C=C\CCCCCC(=O)OC(COCCCCCCCCCCCCCC)COC(=O)CCCCCCCCCCCCCCCCCCC. The molecule has 0 saturated carbocycles. The molecule has 0 N–H and O–H groups in total. The number of rotatable bonds is 47. The molecule has 0 fully saturated rings. The molecule has 0 aromatic rings. The Bertz CT molecular complexity index is 924. The molecular formula is C53H98O5. The maximum Gasteiger partial charge on any atom is 0.306 e. The predicted molar refractivity (Wildman–Crippen MR) is 252 cm³/mol. The highest BCUT2D eigenvalue weighted by Gasteiger charge is 2.17. The molecular weight excluding hydrogens is 717 g/mol. The van der Waals surface area contributed by atoms with Crippen LogP contribution in [-0.2, 0) is 23.8 Å². The fourth-order valence-electron chi connectivity index (χ4n) is 7.41. The average molecular weight is 815 g/mol. The summed E-state index contributed by atoms with van der Waals surface area (Å²) in [7, 11) is 0. The van der Waals surface area contributed by atoms with Gasteiger partial charge >= 0.3 is 11.9 Å². The predicted octanol–water partition coefficient (Wildman–Crippen LogP) is 17.0. The zero-order valence-electron chi connectivity index (χ0n) is 39.1. The van der Waals surface area contributed by atoms with Crippen LogP contribution in [-0.4, -0.2) is 37.9 Å². The van der Waals surface area contributed by atoms with Crippen molar-refractivity contribution in [2.45, 2.75) is 271 Å². The molecule has 0 rings (SSSR count). The van der Waals surface area contributed by atoms with Gasteiger partial charge in [0.1, 0.15) is 6.61 Å². The molecule has 1 unspecified atom stereocenters. The van der Waals surface area contributed by atoms with Crippen molar-refractivity contribution in [1.82, 2.24) is 0 Å². The summed E-state index contributed by atoms with van der Waals surface area (Å²) in [4.78, 5) is 25.3. The lowest BCUT2D eigenvalue weighted by Gasteiger charge is -2.18. The number of hydrogen-bond acceptors (Lipinski definition) is 5. The molecule has 0 aromatic carbocycles. The Labute approximate surface area is 361 Å². The second-order valence-corrected chi connectivity index (χ2v) is 17.1. The van der Waals surface area contributed by atoms with E-state index in [0.717, 1.165) is 70.6 Å². The fraction of sp³-hybridized carbons (Fsp3) is 0.849. The van der Waals surface area contributed by atoms with Crippen molar-refractivity contribution < 1.29 is 23.8 Å². The number of carbonyl (C=O) groups excluding carboxylic acids is 2. The van der Waals surface area contributed by atoms with Crippen LogP contribution in [0.25, 0.3) is 0 Å². The number of allylic oxidation sites excluding steroid dienone is 6. The molecule has 0 spiro atoms. The molecule has 0 bridgehead atoms. The van der Waals surface area contributed by atoms with Crippen LogP contribution in [0.5, 0.6) is 0 Å². The molecule has 5 nitrogen and oxygen atoms in total. The zero-order valence-corrected chi connectivity index (χ0v) is 39.1. The largest absolute Gasteiger partial charge is 0.462 e. The van der Waals surface area contributed by atoms with Gasteiger partial charge in [0.05, 0.1) is 6.61 Å². The molecule has 0 radical (unpaired) electrons. The minimum atomic E-state index is -0.544. The smallest absolute Gasteiger partial charge is 0.306 e. The molecule has 0 amide bonds. The first kappa shape index (κ1) is 56.1. The molecule has 58 heavy (non-hydrogen) atoms. The van der Waals surface area contributed by atoms with Crippen LogP contribution in [0.15, 0.2) is 36.5 Å². The number of unbranched alkanes of at least 4 members (excludes halogenated alkanes) is 30. The van der Waals surface area contributed by atoms with Crippen LogP contribution in [0, 0.1) is 0 Å². The molecule has 0 aromatic heterocycles. The second-order valence-electron chi connectivity index (χ2n) is 17.1. The number of esters is 2. The summed E-state index contributed by atoms with van der Waals surface area (Å²) in [6, 6.07) is 0. The minimum absolute atomic E-state index is 0.0795. The van der Waals surface area contributed by atoms with Crippen molar-refractivity contribution in [3.63, 3.8) is 0 Å². The fourth-order valence-corrected chi connectivity index (χ4v) is 7.41. The van der Waals surface area contributed by atoms with Gasteiger partial charge in [-0.05, 0) is 51.4 Å². The first-order valence-electron chi connectivity index (χ1n) is 25.5. The molecule has 0 aliphatic heterocycles. The Balaban J connectivity index is 4.22. The van der Waals surface area contributed by atoms with E-state index in [4.69, 9.17) is 14.2 Å². The zero-order chi connectivity index (χ0) is 42.1. The first-order valence-corrected chi connectivity index (χ1v) is 25.5. The summed E-state index contributed by atoms with van der Waals surface area (Å²) >= 11 is 0. The van der Waals surface area contributed by atoms with Crippen molar-refractivity contribution in [3.8, 4) is 0 Å². The normalized spacial score (nSPS) is 12.4. The summed E-state index contributed by atoms with van der Waals surface area (Å²) in [5.74, 6) is -0.416. The monoisotopic (exact) mass is 815 g/mol. The Kier molecular flexibility index (Phi) is 47.9. The van der Waals surface area contributed by atoms with Gasteiger partial charge in [0.25, 0.3) is 0 Å². The maximum absolute atomic E-state index is 12.7. The Hall–Kier alpha value is -1.88. The van der Waals surface area contributed by atoms with E-state index < -0.39 is 6.10 Å². The number of hydrogen-bond donors (Lipinski definition) is 0. The minimum Gasteiger partial charge on any atom is -0.462 e. The summed E-state index contributed by atoms with van der Waals surface area (Å²) < 4.78 is 17.4. The summed E-state index contributed by atoms with van der Waals surface area (Å²) in [5, 5.41) is 0. The maximum atomic E-state index is 12.7. The Morgan fingerprint density at radius 3 is 1.24 bits per heavy atom. The third kappa shape index (κ3) is 46.8. The quantitative estimate of drug-likeness (QED) is 0.0348. The molecule has 340 valence electrons. The topological polar surface area (TPSA) is 61.8 Å². The third-order valence-electron chi connectivity index (χ3n) is 11.2. The van der Waals surface area contributed by atoms with Gasteiger partial charge in [-0.1, -0.05) is 237 Å². The number of carbonyl (C=O) groups is 2. The molecule has 0 aliphatic rings. The van der Waals surface area contributed by atoms with E-state index >= 15 is 0 Å². The van der Waals surface area contributed by atoms with E-state index in [0.29, 0.717) is 19.4 Å². The van der Waals surface area contributed by atoms with Crippen molar-refractivity contribution in [1.29, 1.82) is 0 Å². The molecule has 0 aliphatic carbocycles. The Morgan fingerprint density at radius 1 is 0.397 bits per heavy atom. The van der Waals surface area contributed by atoms with Gasteiger partial charge < -0.3 is 14.2 Å². The highest BCUT2D eigenvalue weighted by molar-refractivity contribution is 5.70. The van der Waals surface area contributed by atoms with Crippen LogP contribution >= 0.6 is 0 Å².